The number of piperidine rings is 1. The zero-order chi connectivity index (χ0) is 22.4. The molecule has 1 fully saturated rings. The number of carbonyl (C=O) groups excluding carboxylic acids is 2. The summed E-state index contributed by atoms with van der Waals surface area (Å²) in [6, 6.07) is 0. The van der Waals surface area contributed by atoms with Crippen LogP contribution in [-0.4, -0.2) is 53.2 Å². The number of allylic oxidation sites excluding steroid dienone is 6. The van der Waals surface area contributed by atoms with Crippen LogP contribution in [0.25, 0.3) is 0 Å². The van der Waals surface area contributed by atoms with E-state index in [1.807, 2.05) is 16.7 Å². The van der Waals surface area contributed by atoms with Crippen molar-refractivity contribution in [1.82, 2.24) is 4.90 Å². The van der Waals surface area contributed by atoms with Gasteiger partial charge < -0.3 is 10.4 Å². The van der Waals surface area contributed by atoms with Crippen LogP contribution in [0.1, 0.15) is 47.5 Å². The van der Waals surface area contributed by atoms with Gasteiger partial charge in [-0.25, -0.2) is 4.39 Å². The first-order valence-corrected chi connectivity index (χ1v) is 12.5. The largest absolute Gasteiger partial charge is 0.392 e. The van der Waals surface area contributed by atoms with Crippen molar-refractivity contribution in [2.45, 2.75) is 45.0 Å². The fourth-order valence-corrected chi connectivity index (χ4v) is 6.15. The molecule has 0 saturated carbocycles. The molecule has 3 heterocycles. The third kappa shape index (κ3) is 6.38. The number of nitrogens with zero attached hydrogens (tertiary/aromatic N) is 1. The first-order chi connectivity index (χ1) is 14.9. The van der Waals surface area contributed by atoms with Gasteiger partial charge in [0, 0.05) is 17.2 Å². The van der Waals surface area contributed by atoms with Crippen molar-refractivity contribution in [3.8, 4) is 0 Å². The number of likely N-dealkylation sites (tertiary alicyclic amines) is 1. The minimum absolute atomic E-state index is 0.140. The molecule has 0 bridgehead atoms. The van der Waals surface area contributed by atoms with Gasteiger partial charge in [-0.2, -0.15) is 11.8 Å². The SMILES string of the molecule is C\C=C(F)/C=C\C=C(/C)C(=O)c1c(NC(=O)CN2CCCC(O)C2)sc2c1CCSC2. The number of rotatable bonds is 7. The lowest BCUT2D eigenvalue weighted by Crippen LogP contribution is -2.42. The highest BCUT2D eigenvalue weighted by molar-refractivity contribution is 7.98. The summed E-state index contributed by atoms with van der Waals surface area (Å²) in [7, 11) is 0. The number of thiophene rings is 1. The smallest absolute Gasteiger partial charge is 0.239 e. The first kappa shape index (κ1) is 23.9. The third-order valence-electron chi connectivity index (χ3n) is 5.38. The van der Waals surface area contributed by atoms with Gasteiger partial charge >= 0.3 is 0 Å². The third-order valence-corrected chi connectivity index (χ3v) is 7.70. The minimum atomic E-state index is -0.391. The number of Topliss-reactive ketones (excluding diaryl/α,β-unsaturated/α-hetero) is 1. The van der Waals surface area contributed by atoms with Crippen LogP contribution < -0.4 is 5.32 Å². The molecule has 1 saturated heterocycles. The normalized spacial score (nSPS) is 20.7. The predicted octanol–water partition coefficient (Wildman–Crippen LogP) is 4.49. The number of nitrogens with one attached hydrogen (secondary N) is 1. The van der Waals surface area contributed by atoms with Crippen molar-refractivity contribution in [2.24, 2.45) is 0 Å². The molecule has 1 aromatic heterocycles. The Hall–Kier alpha value is -1.74. The number of aliphatic hydroxyl groups is 1. The Kier molecular flexibility index (Phi) is 8.66. The monoisotopic (exact) mass is 464 g/mol. The van der Waals surface area contributed by atoms with Crippen molar-refractivity contribution >= 4 is 39.8 Å². The Bertz CT molecular complexity index is 920. The van der Waals surface area contributed by atoms with Crippen LogP contribution in [0.3, 0.4) is 0 Å². The molecule has 8 heteroatoms. The number of aliphatic hydroxyl groups excluding tert-OH is 1. The van der Waals surface area contributed by atoms with Crippen LogP contribution in [0, 0.1) is 0 Å². The van der Waals surface area contributed by atoms with Gasteiger partial charge in [-0.15, -0.1) is 11.3 Å². The van der Waals surface area contributed by atoms with Gasteiger partial charge in [0.15, 0.2) is 5.78 Å². The average Bonchev–Trinajstić information content (AvgIpc) is 3.10. The summed E-state index contributed by atoms with van der Waals surface area (Å²) >= 11 is 3.30. The quantitative estimate of drug-likeness (QED) is 0.353. The number of β-amino-alcohol motifs (C(OH)–C–C–N with tert-alkyl or cyclic N) is 1. The molecule has 1 atom stereocenters. The topological polar surface area (TPSA) is 69.6 Å². The highest BCUT2D eigenvalue weighted by Gasteiger charge is 2.28. The van der Waals surface area contributed by atoms with Crippen molar-refractivity contribution < 1.29 is 19.1 Å². The Balaban J connectivity index is 1.80. The van der Waals surface area contributed by atoms with E-state index in [0.29, 0.717) is 22.7 Å². The van der Waals surface area contributed by atoms with Gasteiger partial charge in [-0.1, -0.05) is 18.2 Å². The lowest BCUT2D eigenvalue weighted by atomic mass is 9.99. The fourth-order valence-electron chi connectivity index (χ4n) is 3.76. The second kappa shape index (κ2) is 11.2. The number of carbonyl (C=O) groups is 2. The maximum atomic E-state index is 13.3. The molecule has 0 spiro atoms. The molecule has 1 unspecified atom stereocenters. The Labute approximate surface area is 191 Å². The van der Waals surface area contributed by atoms with Gasteiger partial charge in [0.2, 0.25) is 5.91 Å². The van der Waals surface area contributed by atoms with Gasteiger partial charge in [-0.3, -0.25) is 14.5 Å². The van der Waals surface area contributed by atoms with E-state index in [4.69, 9.17) is 0 Å². The van der Waals surface area contributed by atoms with E-state index in [1.165, 1.54) is 29.6 Å². The second-order valence-corrected chi connectivity index (χ2v) is 10.0. The van der Waals surface area contributed by atoms with Crippen molar-refractivity contribution in [3.63, 3.8) is 0 Å². The summed E-state index contributed by atoms with van der Waals surface area (Å²) in [5.74, 6) is 1.10. The van der Waals surface area contributed by atoms with Gasteiger partial charge in [0.05, 0.1) is 18.2 Å². The van der Waals surface area contributed by atoms with Gasteiger partial charge in [0.1, 0.15) is 10.8 Å². The Morgan fingerprint density at radius 3 is 2.94 bits per heavy atom. The number of hydrogen-bond acceptors (Lipinski definition) is 6. The van der Waals surface area contributed by atoms with Crippen molar-refractivity contribution in [1.29, 1.82) is 0 Å². The summed E-state index contributed by atoms with van der Waals surface area (Å²) in [4.78, 5) is 29.0. The lowest BCUT2D eigenvalue weighted by Gasteiger charge is -2.29. The average molecular weight is 465 g/mol. The zero-order valence-electron chi connectivity index (χ0n) is 17.9. The number of fused-ring (bicyclic) bond motifs is 1. The van der Waals surface area contributed by atoms with Crippen LogP contribution in [0.4, 0.5) is 9.39 Å². The molecule has 168 valence electrons. The molecule has 0 radical (unpaired) electrons. The highest BCUT2D eigenvalue weighted by Crippen LogP contribution is 2.40. The molecule has 2 aliphatic rings. The molecular weight excluding hydrogens is 435 g/mol. The van der Waals surface area contributed by atoms with Crippen LogP contribution in [0.2, 0.25) is 0 Å². The molecule has 3 rings (SSSR count). The van der Waals surface area contributed by atoms with E-state index in [-0.39, 0.29) is 24.1 Å². The summed E-state index contributed by atoms with van der Waals surface area (Å²) in [6.45, 7) is 4.79. The predicted molar refractivity (Wildman–Crippen MR) is 127 cm³/mol. The summed E-state index contributed by atoms with van der Waals surface area (Å²) in [5.41, 5.74) is 2.09. The molecule has 1 aromatic rings. The standard InChI is InChI=1S/C23H29FN2O3S2/c1-3-16(24)7-4-6-15(2)22(29)21-18-9-11-30-14-19(18)31-23(21)25-20(28)13-26-10-5-8-17(27)12-26/h3-4,6-7,17,27H,5,8-14H2,1-2H3,(H,25,28)/b7-4-,15-6+,16-3+. The summed E-state index contributed by atoms with van der Waals surface area (Å²) in [6.07, 6.45) is 7.83. The van der Waals surface area contributed by atoms with E-state index in [1.54, 1.807) is 19.9 Å². The number of anilines is 1. The molecule has 0 aromatic carbocycles. The zero-order valence-corrected chi connectivity index (χ0v) is 19.6. The second-order valence-electron chi connectivity index (χ2n) is 7.80. The van der Waals surface area contributed by atoms with Crippen LogP contribution in [-0.2, 0) is 17.0 Å². The number of hydrogen-bond donors (Lipinski definition) is 2. The van der Waals surface area contributed by atoms with E-state index >= 15 is 0 Å². The van der Waals surface area contributed by atoms with E-state index in [2.05, 4.69) is 5.32 Å². The Morgan fingerprint density at radius 1 is 1.39 bits per heavy atom. The fraction of sp³-hybridized carbons (Fsp3) is 0.478. The molecule has 31 heavy (non-hydrogen) atoms. The maximum absolute atomic E-state index is 13.3. The molecular formula is C23H29FN2O3S2. The molecule has 0 aliphatic carbocycles. The number of amides is 1. The van der Waals surface area contributed by atoms with E-state index < -0.39 is 6.10 Å². The van der Waals surface area contributed by atoms with Crippen LogP contribution >= 0.6 is 23.1 Å². The molecule has 2 aliphatic heterocycles. The maximum Gasteiger partial charge on any atom is 0.239 e. The van der Waals surface area contributed by atoms with Crippen LogP contribution in [0.15, 0.2) is 35.7 Å². The van der Waals surface area contributed by atoms with E-state index in [0.717, 1.165) is 47.8 Å². The molecule has 5 nitrogen and oxygen atoms in total. The summed E-state index contributed by atoms with van der Waals surface area (Å²) < 4.78 is 13.3. The molecule has 1 amide bonds. The van der Waals surface area contributed by atoms with Crippen molar-refractivity contribution in [2.75, 3.05) is 30.7 Å². The first-order valence-electron chi connectivity index (χ1n) is 10.5. The van der Waals surface area contributed by atoms with Crippen LogP contribution in [0.5, 0.6) is 0 Å². The number of halogens is 1. The lowest BCUT2D eigenvalue weighted by molar-refractivity contribution is -0.117. The Morgan fingerprint density at radius 2 is 2.19 bits per heavy atom. The highest BCUT2D eigenvalue weighted by atomic mass is 32.2. The van der Waals surface area contributed by atoms with Crippen molar-refractivity contribution in [3.05, 3.63) is 51.7 Å². The number of thioether (sulfide) groups is 1. The van der Waals surface area contributed by atoms with Gasteiger partial charge in [0.25, 0.3) is 0 Å². The minimum Gasteiger partial charge on any atom is -0.392 e. The number of ketones is 1. The summed E-state index contributed by atoms with van der Waals surface area (Å²) in [5, 5.41) is 13.4. The van der Waals surface area contributed by atoms with Gasteiger partial charge in [-0.05, 0) is 62.6 Å². The van der Waals surface area contributed by atoms with E-state index in [9.17, 15) is 19.1 Å². The molecule has 2 N–H and O–H groups in total.